The SMILES string of the molecule is CC/C=C\C/C=C\C/C=C\C/C=C\C/C=C\CC(=O)OCC(COP(=O)(O)OCC(O)COP(=O)(O)OCC(COC(=O)CCCCCCCCC/C=C\C/C=C\C/C=C\CC)OC(=O)CCCCCCCCCCCCCCC)OC(=O)CCCCCCC/C=C\CCCC. The monoisotopic (exact) mass is 1390 g/mol. The molecule has 0 heterocycles. The first kappa shape index (κ1) is 91.7. The summed E-state index contributed by atoms with van der Waals surface area (Å²) >= 11 is 0. The van der Waals surface area contributed by atoms with Crippen LogP contribution in [0.1, 0.15) is 297 Å². The zero-order valence-electron chi connectivity index (χ0n) is 60.0. The molecule has 19 heteroatoms. The molecule has 0 aromatic heterocycles. The Hall–Kier alpha value is -4.28. The molecule has 0 radical (unpaired) electrons. The number of ether oxygens (including phenoxy) is 4. The predicted molar refractivity (Wildman–Crippen MR) is 390 cm³/mol. The van der Waals surface area contributed by atoms with Crippen LogP contribution < -0.4 is 0 Å². The van der Waals surface area contributed by atoms with Crippen LogP contribution >= 0.6 is 15.6 Å². The van der Waals surface area contributed by atoms with Crippen molar-refractivity contribution in [1.82, 2.24) is 0 Å². The molecule has 0 spiro atoms. The fourth-order valence-electron chi connectivity index (χ4n) is 9.64. The van der Waals surface area contributed by atoms with Gasteiger partial charge in [-0.05, 0) is 103 Å². The van der Waals surface area contributed by atoms with Gasteiger partial charge in [0.25, 0.3) is 0 Å². The van der Waals surface area contributed by atoms with Gasteiger partial charge in [0.1, 0.15) is 19.3 Å². The first-order valence-electron chi connectivity index (χ1n) is 37.1. The summed E-state index contributed by atoms with van der Waals surface area (Å²) in [6.07, 6.45) is 72.6. The summed E-state index contributed by atoms with van der Waals surface area (Å²) in [5, 5.41) is 10.6. The highest BCUT2D eigenvalue weighted by Crippen LogP contribution is 2.45. The number of phosphoric acid groups is 2. The highest BCUT2D eigenvalue weighted by molar-refractivity contribution is 7.47. The molecular formula is C77H132O17P2. The van der Waals surface area contributed by atoms with Crippen molar-refractivity contribution in [3.8, 4) is 0 Å². The number of unbranched alkanes of at least 4 members (excludes halogenated alkanes) is 26. The lowest BCUT2D eigenvalue weighted by Gasteiger charge is -2.21. The number of rotatable bonds is 69. The van der Waals surface area contributed by atoms with Crippen LogP contribution in [0, 0.1) is 0 Å². The molecule has 96 heavy (non-hydrogen) atoms. The van der Waals surface area contributed by atoms with Crippen LogP contribution in [-0.4, -0.2) is 96.7 Å². The zero-order valence-corrected chi connectivity index (χ0v) is 61.8. The Kier molecular flexibility index (Phi) is 66.1. The molecule has 0 fully saturated rings. The molecule has 5 atom stereocenters. The van der Waals surface area contributed by atoms with Gasteiger partial charge in [0, 0.05) is 19.3 Å². The molecule has 0 aromatic carbocycles. The molecule has 0 aliphatic rings. The lowest BCUT2D eigenvalue weighted by molar-refractivity contribution is -0.161. The van der Waals surface area contributed by atoms with Gasteiger partial charge in [0.2, 0.25) is 0 Å². The average Bonchev–Trinajstić information content (AvgIpc) is 1.10. The number of hydrogen-bond acceptors (Lipinski definition) is 15. The van der Waals surface area contributed by atoms with Gasteiger partial charge in [-0.1, -0.05) is 278 Å². The first-order chi connectivity index (χ1) is 46.7. The fraction of sp³-hybridized carbons (Fsp3) is 0.714. The van der Waals surface area contributed by atoms with E-state index < -0.39 is 97.5 Å². The van der Waals surface area contributed by atoms with E-state index in [1.54, 1.807) is 6.08 Å². The number of phosphoric ester groups is 2. The smallest absolute Gasteiger partial charge is 0.462 e. The van der Waals surface area contributed by atoms with Crippen molar-refractivity contribution in [1.29, 1.82) is 0 Å². The number of hydrogen-bond donors (Lipinski definition) is 3. The Morgan fingerprint density at radius 3 is 0.969 bits per heavy atom. The number of carbonyl (C=O) groups excluding carboxylic acids is 4. The van der Waals surface area contributed by atoms with E-state index in [-0.39, 0.29) is 25.7 Å². The third-order valence-electron chi connectivity index (χ3n) is 15.3. The summed E-state index contributed by atoms with van der Waals surface area (Å²) in [7, 11) is -9.97. The summed E-state index contributed by atoms with van der Waals surface area (Å²) in [5.41, 5.74) is 0. The molecule has 0 saturated heterocycles. The molecule has 17 nitrogen and oxygen atoms in total. The van der Waals surface area contributed by atoms with Crippen LogP contribution in [0.3, 0.4) is 0 Å². The Balaban J connectivity index is 5.37. The summed E-state index contributed by atoms with van der Waals surface area (Å²) < 4.78 is 68.2. The number of aliphatic hydroxyl groups is 1. The Morgan fingerprint density at radius 2 is 0.594 bits per heavy atom. The van der Waals surface area contributed by atoms with Gasteiger partial charge < -0.3 is 33.8 Å². The molecule has 552 valence electrons. The molecule has 0 bridgehead atoms. The predicted octanol–water partition coefficient (Wildman–Crippen LogP) is 21.0. The van der Waals surface area contributed by atoms with Crippen LogP contribution in [0.4, 0.5) is 0 Å². The number of esters is 4. The highest BCUT2D eigenvalue weighted by atomic mass is 31.2. The molecule has 0 aliphatic heterocycles. The van der Waals surface area contributed by atoms with Crippen molar-refractivity contribution in [3.63, 3.8) is 0 Å². The van der Waals surface area contributed by atoms with E-state index in [9.17, 15) is 43.2 Å². The second kappa shape index (κ2) is 69.2. The number of carbonyl (C=O) groups is 4. The molecule has 5 unspecified atom stereocenters. The zero-order chi connectivity index (χ0) is 70.4. The van der Waals surface area contributed by atoms with Crippen LogP contribution in [0.5, 0.6) is 0 Å². The Bertz CT molecular complexity index is 2250. The van der Waals surface area contributed by atoms with Crippen LogP contribution in [0.2, 0.25) is 0 Å². The molecular weight excluding hydrogens is 1260 g/mol. The highest BCUT2D eigenvalue weighted by Gasteiger charge is 2.30. The van der Waals surface area contributed by atoms with Crippen molar-refractivity contribution >= 4 is 39.5 Å². The minimum atomic E-state index is -4.99. The molecule has 0 rings (SSSR count). The van der Waals surface area contributed by atoms with E-state index in [2.05, 4.69) is 113 Å². The first-order valence-corrected chi connectivity index (χ1v) is 40.1. The standard InChI is InChI=1S/C77H132O17P2/c1-5-9-13-17-21-25-29-32-34-35-37-40-43-46-50-54-58-62-75(80)88-68-73(94-77(82)64-60-56-52-48-44-38-31-27-23-19-15-11-7-3)70-92-96(85,86)90-66-71(78)65-89-95(83,84)91-69-72(93-76(81)63-59-55-51-47-41-28-24-20-16-12-8-4)67-87-74(79)61-57-53-49-45-42-39-36-33-30-26-22-18-14-10-6-2/h9-10,13-14,20-22,24-26,32-34,36,42,45,53,57,71-73,78H,5-8,11-12,15-19,23,27-31,35,37-41,43-44,46-52,54-56,58-70H2,1-4H3,(H,83,84)(H,85,86)/b13-9-,14-10-,24-20-,25-21-,26-22-,34-32-,36-33-,45-42-,57-53-. The summed E-state index contributed by atoms with van der Waals surface area (Å²) in [4.78, 5) is 72.6. The van der Waals surface area contributed by atoms with Gasteiger partial charge in [-0.15, -0.1) is 0 Å². The minimum absolute atomic E-state index is 0.0643. The molecule has 0 amide bonds. The number of allylic oxidation sites excluding steroid dienone is 17. The maximum Gasteiger partial charge on any atom is 0.472 e. The van der Waals surface area contributed by atoms with Crippen LogP contribution in [0.15, 0.2) is 109 Å². The summed E-state index contributed by atoms with van der Waals surface area (Å²) in [5.74, 6) is -2.34. The van der Waals surface area contributed by atoms with E-state index >= 15 is 0 Å². The van der Waals surface area contributed by atoms with Crippen molar-refractivity contribution in [3.05, 3.63) is 109 Å². The normalized spacial score (nSPS) is 14.6. The molecule has 0 aromatic rings. The van der Waals surface area contributed by atoms with Crippen molar-refractivity contribution in [2.75, 3.05) is 39.6 Å². The van der Waals surface area contributed by atoms with E-state index in [4.69, 9.17) is 37.0 Å². The van der Waals surface area contributed by atoms with E-state index in [0.29, 0.717) is 25.7 Å². The van der Waals surface area contributed by atoms with Crippen LogP contribution in [-0.2, 0) is 65.4 Å². The average molecular weight is 1390 g/mol. The maximum absolute atomic E-state index is 13.1. The summed E-state index contributed by atoms with van der Waals surface area (Å²) in [6, 6.07) is 0. The van der Waals surface area contributed by atoms with Gasteiger partial charge >= 0.3 is 39.5 Å². The van der Waals surface area contributed by atoms with Gasteiger partial charge in [-0.2, -0.15) is 0 Å². The van der Waals surface area contributed by atoms with Crippen LogP contribution in [0.25, 0.3) is 0 Å². The van der Waals surface area contributed by atoms with Gasteiger partial charge in [0.15, 0.2) is 12.2 Å². The quantitative estimate of drug-likeness (QED) is 0.0169. The third-order valence-corrected chi connectivity index (χ3v) is 17.2. The Morgan fingerprint density at radius 1 is 0.312 bits per heavy atom. The van der Waals surface area contributed by atoms with Crippen molar-refractivity contribution in [2.24, 2.45) is 0 Å². The number of aliphatic hydroxyl groups excluding tert-OH is 1. The molecule has 0 saturated carbocycles. The summed E-state index contributed by atoms with van der Waals surface area (Å²) in [6.45, 7) is 4.48. The largest absolute Gasteiger partial charge is 0.472 e. The Labute approximate surface area is 581 Å². The molecule has 3 N–H and O–H groups in total. The lowest BCUT2D eigenvalue weighted by atomic mass is 10.0. The second-order valence-corrected chi connectivity index (χ2v) is 27.4. The maximum atomic E-state index is 13.1. The van der Waals surface area contributed by atoms with Crippen molar-refractivity contribution < 1.29 is 80.2 Å². The van der Waals surface area contributed by atoms with Gasteiger partial charge in [-0.3, -0.25) is 37.3 Å². The van der Waals surface area contributed by atoms with Crippen molar-refractivity contribution in [2.45, 2.75) is 316 Å². The molecule has 0 aliphatic carbocycles. The van der Waals surface area contributed by atoms with E-state index in [1.807, 2.05) is 18.2 Å². The van der Waals surface area contributed by atoms with Gasteiger partial charge in [-0.25, -0.2) is 9.13 Å². The second-order valence-electron chi connectivity index (χ2n) is 24.5. The topological polar surface area (TPSA) is 237 Å². The lowest BCUT2D eigenvalue weighted by Crippen LogP contribution is -2.30. The fourth-order valence-corrected chi connectivity index (χ4v) is 11.2. The van der Waals surface area contributed by atoms with E-state index in [0.717, 1.165) is 154 Å². The van der Waals surface area contributed by atoms with E-state index in [1.165, 1.54) is 64.2 Å². The van der Waals surface area contributed by atoms with Gasteiger partial charge in [0.05, 0.1) is 32.8 Å². The minimum Gasteiger partial charge on any atom is -0.462 e. The third kappa shape index (κ3) is 68.3.